The molecule has 198 valence electrons. The van der Waals surface area contributed by atoms with E-state index in [2.05, 4.69) is 22.0 Å². The van der Waals surface area contributed by atoms with E-state index in [1.165, 1.54) is 19.2 Å². The van der Waals surface area contributed by atoms with Crippen molar-refractivity contribution in [3.63, 3.8) is 0 Å². The second kappa shape index (κ2) is 11.0. The van der Waals surface area contributed by atoms with Crippen LogP contribution in [0.25, 0.3) is 0 Å². The van der Waals surface area contributed by atoms with Gasteiger partial charge in [0.15, 0.2) is 11.7 Å². The van der Waals surface area contributed by atoms with E-state index in [-0.39, 0.29) is 43.3 Å². The molecule has 1 amide bonds. The average molecular weight is 513 g/mol. The number of carbonyl (C=O) groups is 1. The zero-order valence-corrected chi connectivity index (χ0v) is 20.4. The fraction of sp³-hybridized carbons (Fsp3) is 0.542. The van der Waals surface area contributed by atoms with Crippen molar-refractivity contribution in [2.24, 2.45) is 21.6 Å². The lowest BCUT2D eigenvalue weighted by Gasteiger charge is -2.43. The van der Waals surface area contributed by atoms with Crippen LogP contribution >= 0.6 is 0 Å². The van der Waals surface area contributed by atoms with Gasteiger partial charge in [0.1, 0.15) is 0 Å². The number of hydrogen-bond donors (Lipinski definition) is 3. The van der Waals surface area contributed by atoms with Crippen LogP contribution in [-0.2, 0) is 11.0 Å². The molecule has 2 fully saturated rings. The van der Waals surface area contributed by atoms with Gasteiger partial charge in [-0.1, -0.05) is 12.1 Å². The minimum absolute atomic E-state index is 0.0177. The van der Waals surface area contributed by atoms with Crippen LogP contribution in [0.1, 0.15) is 36.9 Å². The van der Waals surface area contributed by atoms with Gasteiger partial charge in [0.2, 0.25) is 11.7 Å². The number of primary amides is 1. The molecule has 12 heteroatoms. The number of alkyl halides is 3. The number of hydrogen-bond acceptors (Lipinski definition) is 6. The largest absolute Gasteiger partial charge is 0.416 e. The highest BCUT2D eigenvalue weighted by Crippen LogP contribution is 2.37. The first kappa shape index (κ1) is 27.6. The first-order valence-electron chi connectivity index (χ1n) is 11.6. The third-order valence-corrected chi connectivity index (χ3v) is 6.80. The van der Waals surface area contributed by atoms with Crippen LogP contribution in [0.2, 0.25) is 0 Å². The van der Waals surface area contributed by atoms with Gasteiger partial charge in [0.05, 0.1) is 23.8 Å². The molecule has 4 N–H and O–H groups in total. The van der Waals surface area contributed by atoms with E-state index >= 15 is 4.39 Å². The Kier molecular flexibility index (Phi) is 8.40. The van der Waals surface area contributed by atoms with E-state index in [4.69, 9.17) is 5.73 Å². The first-order valence-corrected chi connectivity index (χ1v) is 11.6. The number of amides is 1. The summed E-state index contributed by atoms with van der Waals surface area (Å²) >= 11 is 0. The standard InChI is InChI=1S/C24H32F4N6O2/c1-23(36)14-33(13-19(29)35)10-8-17(23)12-32-21(30-2)20(25)22(31-3)34-11-9-18(34)15-4-6-16(7-5-15)24(26,27)28/h4-7,17-18,32,36H,2,8-14H2,1,3H3,(H2,29,35)/b21-20-,31-22?/t17-,18?,23-/m0/s1. The van der Waals surface area contributed by atoms with Gasteiger partial charge in [-0.2, -0.15) is 17.6 Å². The minimum atomic E-state index is -4.43. The number of β-amino-alcohol motifs (C(OH)–C–C–N with tert-alkyl or cyclic N) is 1. The van der Waals surface area contributed by atoms with Crippen LogP contribution < -0.4 is 11.1 Å². The summed E-state index contributed by atoms with van der Waals surface area (Å²) < 4.78 is 54.2. The van der Waals surface area contributed by atoms with Crippen LogP contribution in [-0.4, -0.2) is 78.7 Å². The fourth-order valence-corrected chi connectivity index (χ4v) is 4.75. The molecule has 3 atom stereocenters. The van der Waals surface area contributed by atoms with Gasteiger partial charge >= 0.3 is 6.18 Å². The number of halogens is 4. The first-order chi connectivity index (χ1) is 16.9. The molecule has 0 saturated carbocycles. The molecule has 0 radical (unpaired) electrons. The van der Waals surface area contributed by atoms with Crippen molar-refractivity contribution in [1.82, 2.24) is 15.1 Å². The number of amidine groups is 1. The van der Waals surface area contributed by atoms with Crippen molar-refractivity contribution in [3.8, 4) is 0 Å². The SMILES string of the molecule is C=N/C(NC[C@@H]1CCN(CC(N)=O)C[C@]1(C)O)=C(/F)C(=NC)N1CCC1c1ccc(C(F)(F)F)cc1. The van der Waals surface area contributed by atoms with Crippen LogP contribution in [0.15, 0.2) is 45.9 Å². The number of piperidine rings is 1. The van der Waals surface area contributed by atoms with Crippen molar-refractivity contribution >= 4 is 18.5 Å². The molecule has 2 aliphatic rings. The molecule has 3 rings (SSSR count). The van der Waals surface area contributed by atoms with Gasteiger partial charge in [-0.15, -0.1) is 0 Å². The number of likely N-dealkylation sites (tertiary alicyclic amines) is 2. The summed E-state index contributed by atoms with van der Waals surface area (Å²) in [5.74, 6) is -1.59. The Morgan fingerprint density at radius 1 is 1.28 bits per heavy atom. The molecule has 36 heavy (non-hydrogen) atoms. The number of benzene rings is 1. The molecule has 2 aliphatic heterocycles. The summed E-state index contributed by atoms with van der Waals surface area (Å²) in [6.07, 6.45) is -3.24. The third-order valence-electron chi connectivity index (χ3n) is 6.80. The maximum absolute atomic E-state index is 15.5. The summed E-state index contributed by atoms with van der Waals surface area (Å²) in [6.45, 7) is 6.63. The predicted molar refractivity (Wildman–Crippen MR) is 129 cm³/mol. The monoisotopic (exact) mass is 512 g/mol. The molecule has 2 heterocycles. The number of rotatable bonds is 8. The Bertz CT molecular complexity index is 1020. The Hall–Kier alpha value is -2.99. The molecule has 0 aliphatic carbocycles. The molecule has 2 saturated heterocycles. The summed E-state index contributed by atoms with van der Waals surface area (Å²) in [6, 6.07) is 4.50. The summed E-state index contributed by atoms with van der Waals surface area (Å²) in [7, 11) is 1.43. The van der Waals surface area contributed by atoms with Crippen molar-refractivity contribution in [2.75, 3.05) is 39.8 Å². The summed E-state index contributed by atoms with van der Waals surface area (Å²) in [4.78, 5) is 22.5. The highest BCUT2D eigenvalue weighted by atomic mass is 19.4. The normalized spacial score (nSPS) is 26.2. The number of nitrogens with one attached hydrogen (secondary N) is 1. The van der Waals surface area contributed by atoms with Gasteiger partial charge in [-0.05, 0) is 50.7 Å². The van der Waals surface area contributed by atoms with Crippen LogP contribution in [0.4, 0.5) is 17.6 Å². The zero-order chi connectivity index (χ0) is 26.7. The van der Waals surface area contributed by atoms with E-state index in [9.17, 15) is 23.1 Å². The average Bonchev–Trinajstić information content (AvgIpc) is 2.76. The lowest BCUT2D eigenvalue weighted by Crippen LogP contribution is -2.56. The van der Waals surface area contributed by atoms with Gasteiger partial charge in [-0.3, -0.25) is 14.7 Å². The molecular formula is C24H32F4N6O2. The van der Waals surface area contributed by atoms with Crippen LogP contribution in [0.3, 0.4) is 0 Å². The number of aliphatic hydroxyl groups is 1. The Morgan fingerprint density at radius 2 is 1.94 bits per heavy atom. The molecule has 0 bridgehead atoms. The van der Waals surface area contributed by atoms with E-state index in [1.54, 1.807) is 16.7 Å². The minimum Gasteiger partial charge on any atom is -0.388 e. The second-order valence-electron chi connectivity index (χ2n) is 9.39. The quantitative estimate of drug-likeness (QED) is 0.282. The number of carbonyl (C=O) groups excluding carboxylic acids is 1. The smallest absolute Gasteiger partial charge is 0.388 e. The maximum Gasteiger partial charge on any atom is 0.416 e. The topological polar surface area (TPSA) is 107 Å². The van der Waals surface area contributed by atoms with Gasteiger partial charge in [-0.25, -0.2) is 4.99 Å². The zero-order valence-electron chi connectivity index (χ0n) is 20.4. The number of nitrogens with zero attached hydrogens (tertiary/aromatic N) is 4. The highest BCUT2D eigenvalue weighted by molar-refractivity contribution is 5.97. The Morgan fingerprint density at radius 3 is 2.42 bits per heavy atom. The molecule has 8 nitrogen and oxygen atoms in total. The Balaban J connectivity index is 1.69. The van der Waals surface area contributed by atoms with E-state index in [1.807, 2.05) is 0 Å². The van der Waals surface area contributed by atoms with Crippen LogP contribution in [0, 0.1) is 5.92 Å². The molecule has 1 aromatic rings. The number of nitrogens with two attached hydrogens (primary N) is 1. The predicted octanol–water partition coefficient (Wildman–Crippen LogP) is 2.47. The molecule has 1 aromatic carbocycles. The van der Waals surface area contributed by atoms with Crippen LogP contribution in [0.5, 0.6) is 0 Å². The van der Waals surface area contributed by atoms with E-state index in [0.717, 1.165) is 12.1 Å². The molecule has 0 spiro atoms. The lowest BCUT2D eigenvalue weighted by atomic mass is 9.82. The Labute approximate surface area is 207 Å². The van der Waals surface area contributed by atoms with E-state index < -0.39 is 29.1 Å². The summed E-state index contributed by atoms with van der Waals surface area (Å²) in [5, 5.41) is 13.8. The van der Waals surface area contributed by atoms with Crippen molar-refractivity contribution < 1.29 is 27.5 Å². The van der Waals surface area contributed by atoms with Crippen molar-refractivity contribution in [1.29, 1.82) is 0 Å². The molecule has 0 aromatic heterocycles. The number of aliphatic imine (C=N–C) groups is 2. The molecular weight excluding hydrogens is 480 g/mol. The van der Waals surface area contributed by atoms with Crippen molar-refractivity contribution in [3.05, 3.63) is 47.0 Å². The third kappa shape index (κ3) is 6.22. The van der Waals surface area contributed by atoms with Gasteiger partial charge in [0, 0.05) is 32.6 Å². The lowest BCUT2D eigenvalue weighted by molar-refractivity contribution is -0.137. The van der Waals surface area contributed by atoms with Gasteiger partial charge < -0.3 is 21.1 Å². The maximum atomic E-state index is 15.5. The fourth-order valence-electron chi connectivity index (χ4n) is 4.75. The van der Waals surface area contributed by atoms with Crippen molar-refractivity contribution in [2.45, 2.75) is 37.6 Å². The second-order valence-corrected chi connectivity index (χ2v) is 9.39. The molecule has 1 unspecified atom stereocenters. The highest BCUT2D eigenvalue weighted by Gasteiger charge is 2.39. The van der Waals surface area contributed by atoms with E-state index in [0.29, 0.717) is 31.5 Å². The summed E-state index contributed by atoms with van der Waals surface area (Å²) in [5.41, 5.74) is 3.99. The van der Waals surface area contributed by atoms with Gasteiger partial charge in [0.25, 0.3) is 0 Å².